The summed E-state index contributed by atoms with van der Waals surface area (Å²) in [4.78, 5) is 2.29. The van der Waals surface area contributed by atoms with Crippen LogP contribution in [-0.4, -0.2) is 6.71 Å². The summed E-state index contributed by atoms with van der Waals surface area (Å²) in [6.45, 7) is 0.0147. The number of rotatable bonds is 4. The number of benzene rings is 7. The zero-order chi connectivity index (χ0) is 30.9. The van der Waals surface area contributed by atoms with Crippen molar-refractivity contribution in [2.75, 3.05) is 4.90 Å². The highest BCUT2D eigenvalue weighted by molar-refractivity contribution is 6.98. The fraction of sp³-hybridized carbons (Fsp3) is 0. The van der Waals surface area contributed by atoms with Gasteiger partial charge in [0, 0.05) is 45.7 Å². The maximum absolute atomic E-state index is 6.70. The first-order valence-corrected chi connectivity index (χ1v) is 15.9. The molecule has 0 radical (unpaired) electrons. The molecule has 0 N–H and O–H groups in total. The summed E-state index contributed by atoms with van der Waals surface area (Å²) in [5.41, 5.74) is 10.2. The number of hydrogen-bond acceptors (Lipinski definition) is 4. The molecule has 0 saturated carbocycles. The van der Waals surface area contributed by atoms with Gasteiger partial charge in [0.25, 0.3) is 6.71 Å². The van der Waals surface area contributed by atoms with Gasteiger partial charge in [-0.05, 0) is 52.9 Å². The number of fused-ring (bicyclic) bond motifs is 7. The van der Waals surface area contributed by atoms with Gasteiger partial charge in [0.15, 0.2) is 0 Å². The van der Waals surface area contributed by atoms with E-state index in [4.69, 9.17) is 13.9 Å². The van der Waals surface area contributed by atoms with Gasteiger partial charge in [-0.2, -0.15) is 0 Å². The molecule has 1 aromatic heterocycles. The van der Waals surface area contributed by atoms with E-state index in [-0.39, 0.29) is 6.71 Å². The molecule has 220 valence electrons. The number of para-hydroxylation sites is 4. The predicted octanol–water partition coefficient (Wildman–Crippen LogP) is 9.45. The summed E-state index contributed by atoms with van der Waals surface area (Å²) in [6.07, 6.45) is 0. The molecule has 0 atom stereocenters. The topological polar surface area (TPSA) is 34.8 Å². The highest BCUT2D eigenvalue weighted by Gasteiger charge is 2.40. The van der Waals surface area contributed by atoms with Crippen molar-refractivity contribution in [1.29, 1.82) is 0 Å². The molecular weight excluding hydrogens is 577 g/mol. The van der Waals surface area contributed by atoms with Crippen LogP contribution in [-0.2, 0) is 0 Å². The first-order chi connectivity index (χ1) is 23.3. The van der Waals surface area contributed by atoms with Crippen molar-refractivity contribution in [3.8, 4) is 34.1 Å². The van der Waals surface area contributed by atoms with Gasteiger partial charge in [-0.15, -0.1) is 0 Å². The smallest absolute Gasteiger partial charge is 0.260 e. The molecule has 0 aliphatic carbocycles. The van der Waals surface area contributed by atoms with E-state index in [1.54, 1.807) is 0 Å². The van der Waals surface area contributed by atoms with Gasteiger partial charge in [0.2, 0.25) is 0 Å². The molecule has 0 spiro atoms. The molecule has 0 fully saturated rings. The predicted molar refractivity (Wildman–Crippen MR) is 192 cm³/mol. The average molecular weight is 603 g/mol. The van der Waals surface area contributed by atoms with Crippen LogP contribution in [0.25, 0.3) is 33.1 Å². The molecule has 47 heavy (non-hydrogen) atoms. The monoisotopic (exact) mass is 603 g/mol. The number of furan rings is 1. The quantitative estimate of drug-likeness (QED) is 0.188. The Hall–Kier alpha value is -6.20. The van der Waals surface area contributed by atoms with Crippen LogP contribution in [0.2, 0.25) is 0 Å². The van der Waals surface area contributed by atoms with Gasteiger partial charge in [0.05, 0.1) is 11.4 Å². The minimum Gasteiger partial charge on any atom is -0.458 e. The van der Waals surface area contributed by atoms with Crippen molar-refractivity contribution in [3.63, 3.8) is 0 Å². The zero-order valence-corrected chi connectivity index (χ0v) is 25.3. The lowest BCUT2D eigenvalue weighted by atomic mass is 9.35. The standard InChI is InChI=1S/C42H26BNO3/c1-3-13-27(14-4-1)31-25-32-30-17-7-10-20-36(30)45-39(32)26-35(31)44(28-15-5-2-6-16-28)29-23-40-42-41(24-29)47-38-22-12-9-19-34(38)43(42)33-18-8-11-21-37(33)46-40/h1-26H. The molecule has 7 aromatic carbocycles. The van der Waals surface area contributed by atoms with Crippen LogP contribution in [0.3, 0.4) is 0 Å². The Balaban J connectivity index is 1.25. The van der Waals surface area contributed by atoms with Crippen LogP contribution in [0.15, 0.2) is 162 Å². The van der Waals surface area contributed by atoms with Crippen LogP contribution in [0.4, 0.5) is 17.1 Å². The Morgan fingerprint density at radius 1 is 0.447 bits per heavy atom. The van der Waals surface area contributed by atoms with E-state index >= 15 is 0 Å². The molecule has 0 amide bonds. The summed E-state index contributed by atoms with van der Waals surface area (Å²) in [7, 11) is 0. The van der Waals surface area contributed by atoms with Crippen molar-refractivity contribution in [3.05, 3.63) is 158 Å². The van der Waals surface area contributed by atoms with Crippen LogP contribution >= 0.6 is 0 Å². The van der Waals surface area contributed by atoms with Gasteiger partial charge in [-0.1, -0.05) is 103 Å². The lowest BCUT2D eigenvalue weighted by Crippen LogP contribution is -2.57. The summed E-state index contributed by atoms with van der Waals surface area (Å²) < 4.78 is 19.9. The van der Waals surface area contributed by atoms with E-state index in [2.05, 4.69) is 132 Å². The summed E-state index contributed by atoms with van der Waals surface area (Å²) >= 11 is 0. The molecule has 10 rings (SSSR count). The first-order valence-electron chi connectivity index (χ1n) is 15.9. The van der Waals surface area contributed by atoms with Gasteiger partial charge < -0.3 is 18.8 Å². The van der Waals surface area contributed by atoms with Crippen LogP contribution in [0, 0.1) is 0 Å². The maximum atomic E-state index is 6.70. The largest absolute Gasteiger partial charge is 0.458 e. The molecule has 8 aromatic rings. The normalized spacial score (nSPS) is 12.6. The minimum absolute atomic E-state index is 0.0147. The van der Waals surface area contributed by atoms with Crippen molar-refractivity contribution < 1.29 is 13.9 Å². The molecule has 5 heteroatoms. The van der Waals surface area contributed by atoms with Crippen molar-refractivity contribution in [2.45, 2.75) is 0 Å². The first kappa shape index (κ1) is 26.1. The summed E-state index contributed by atoms with van der Waals surface area (Å²) in [5, 5.41) is 2.18. The highest BCUT2D eigenvalue weighted by atomic mass is 16.5. The second-order valence-electron chi connectivity index (χ2n) is 12.1. The van der Waals surface area contributed by atoms with Crippen molar-refractivity contribution >= 4 is 62.1 Å². The Labute approximate surface area is 272 Å². The lowest BCUT2D eigenvalue weighted by Gasteiger charge is -2.35. The van der Waals surface area contributed by atoms with Gasteiger partial charge in [-0.25, -0.2) is 0 Å². The third-order valence-corrected chi connectivity index (χ3v) is 9.37. The molecule has 2 aliphatic rings. The average Bonchev–Trinajstić information content (AvgIpc) is 3.49. The van der Waals surface area contributed by atoms with E-state index in [0.29, 0.717) is 0 Å². The number of anilines is 3. The van der Waals surface area contributed by atoms with E-state index in [1.165, 1.54) is 0 Å². The molecule has 2 aliphatic heterocycles. The summed E-state index contributed by atoms with van der Waals surface area (Å²) in [5.74, 6) is 3.32. The van der Waals surface area contributed by atoms with Crippen molar-refractivity contribution in [1.82, 2.24) is 0 Å². The second kappa shape index (κ2) is 10.2. The second-order valence-corrected chi connectivity index (χ2v) is 12.1. The highest BCUT2D eigenvalue weighted by Crippen LogP contribution is 2.47. The molecular formula is C42H26BNO3. The summed E-state index contributed by atoms with van der Waals surface area (Å²) in [6, 6.07) is 54.7. The lowest BCUT2D eigenvalue weighted by molar-refractivity contribution is 0.465. The fourth-order valence-corrected chi connectivity index (χ4v) is 7.31. The van der Waals surface area contributed by atoms with Gasteiger partial charge in [-0.3, -0.25) is 0 Å². The van der Waals surface area contributed by atoms with Crippen molar-refractivity contribution in [2.24, 2.45) is 0 Å². The van der Waals surface area contributed by atoms with Crippen LogP contribution < -0.4 is 30.8 Å². The minimum atomic E-state index is 0.0147. The third kappa shape index (κ3) is 4.03. The number of nitrogens with zero attached hydrogens (tertiary/aromatic N) is 1. The van der Waals surface area contributed by atoms with Gasteiger partial charge in [0.1, 0.15) is 34.2 Å². The Bertz CT molecular complexity index is 2420. The van der Waals surface area contributed by atoms with E-state index in [0.717, 1.165) is 89.5 Å². The van der Waals surface area contributed by atoms with E-state index < -0.39 is 0 Å². The molecule has 4 nitrogen and oxygen atoms in total. The van der Waals surface area contributed by atoms with Crippen LogP contribution in [0.5, 0.6) is 23.0 Å². The number of ether oxygens (including phenoxy) is 2. The van der Waals surface area contributed by atoms with E-state index in [1.807, 2.05) is 30.3 Å². The SMILES string of the molecule is c1ccc(-c2cc3c(cc2N(c2ccccc2)c2cc4c5c(c2)Oc2ccccc2B5c2ccccc2O4)oc2ccccc23)cc1. The Kier molecular flexibility index (Phi) is 5.63. The van der Waals surface area contributed by atoms with Gasteiger partial charge >= 0.3 is 0 Å². The van der Waals surface area contributed by atoms with E-state index in [9.17, 15) is 0 Å². The Morgan fingerprint density at radius 2 is 1.04 bits per heavy atom. The molecule has 0 unspecified atom stereocenters. The Morgan fingerprint density at radius 3 is 1.74 bits per heavy atom. The zero-order valence-electron chi connectivity index (χ0n) is 25.3. The fourth-order valence-electron chi connectivity index (χ4n) is 7.31. The maximum Gasteiger partial charge on any atom is 0.260 e. The number of hydrogen-bond donors (Lipinski definition) is 0. The molecule has 3 heterocycles. The molecule has 0 saturated heterocycles. The molecule has 0 bridgehead atoms. The third-order valence-electron chi connectivity index (χ3n) is 9.37. The van der Waals surface area contributed by atoms with Crippen LogP contribution in [0.1, 0.15) is 0 Å².